The van der Waals surface area contributed by atoms with Crippen LogP contribution < -0.4 is 5.32 Å². The summed E-state index contributed by atoms with van der Waals surface area (Å²) in [6.45, 7) is 5.98. The minimum Gasteiger partial charge on any atom is -0.314 e. The second-order valence-electron chi connectivity index (χ2n) is 3.52. The molecule has 1 unspecified atom stereocenters. The molecule has 2 aliphatic rings. The van der Waals surface area contributed by atoms with E-state index in [2.05, 4.69) is 17.1 Å². The highest BCUT2D eigenvalue weighted by Gasteiger charge is 2.32. The standard InChI is InChI=1S/C8H16N2/c1-7-6-9-4-5-10(7)8-2-3-8/h7-9H,2-6H2,1H3. The van der Waals surface area contributed by atoms with Gasteiger partial charge < -0.3 is 5.32 Å². The molecule has 0 spiro atoms. The third-order valence-electron chi connectivity index (χ3n) is 2.57. The highest BCUT2D eigenvalue weighted by atomic mass is 15.3. The maximum atomic E-state index is 3.41. The molecule has 0 aromatic rings. The number of nitrogens with one attached hydrogen (secondary N) is 1. The summed E-state index contributed by atoms with van der Waals surface area (Å²) in [4.78, 5) is 2.65. The molecule has 1 N–H and O–H groups in total. The Bertz CT molecular complexity index is 120. The Morgan fingerprint density at radius 3 is 2.80 bits per heavy atom. The smallest absolute Gasteiger partial charge is 0.0195 e. The van der Waals surface area contributed by atoms with Gasteiger partial charge in [0, 0.05) is 31.7 Å². The van der Waals surface area contributed by atoms with Crippen LogP contribution in [-0.2, 0) is 0 Å². The van der Waals surface area contributed by atoms with Crippen molar-refractivity contribution in [3.63, 3.8) is 0 Å². The van der Waals surface area contributed by atoms with Crippen molar-refractivity contribution in [3.05, 3.63) is 0 Å². The second-order valence-corrected chi connectivity index (χ2v) is 3.52. The third kappa shape index (κ3) is 1.18. The number of rotatable bonds is 1. The lowest BCUT2D eigenvalue weighted by Gasteiger charge is -2.33. The van der Waals surface area contributed by atoms with E-state index in [-0.39, 0.29) is 0 Å². The van der Waals surface area contributed by atoms with Crippen molar-refractivity contribution in [2.75, 3.05) is 19.6 Å². The van der Waals surface area contributed by atoms with Gasteiger partial charge in [-0.3, -0.25) is 4.90 Å². The Labute approximate surface area is 62.6 Å². The Morgan fingerprint density at radius 1 is 1.40 bits per heavy atom. The van der Waals surface area contributed by atoms with Crippen molar-refractivity contribution in [1.29, 1.82) is 0 Å². The molecule has 1 aliphatic carbocycles. The zero-order chi connectivity index (χ0) is 6.97. The fourth-order valence-corrected chi connectivity index (χ4v) is 1.81. The summed E-state index contributed by atoms with van der Waals surface area (Å²) >= 11 is 0. The van der Waals surface area contributed by atoms with Gasteiger partial charge in [-0.25, -0.2) is 0 Å². The van der Waals surface area contributed by atoms with Crippen LogP contribution in [0.1, 0.15) is 19.8 Å². The highest BCUT2D eigenvalue weighted by Crippen LogP contribution is 2.28. The van der Waals surface area contributed by atoms with Crippen molar-refractivity contribution >= 4 is 0 Å². The van der Waals surface area contributed by atoms with Crippen molar-refractivity contribution in [3.8, 4) is 0 Å². The quantitative estimate of drug-likeness (QED) is 0.568. The van der Waals surface area contributed by atoms with Crippen molar-refractivity contribution in [1.82, 2.24) is 10.2 Å². The van der Waals surface area contributed by atoms with Crippen LogP contribution in [0.15, 0.2) is 0 Å². The van der Waals surface area contributed by atoms with E-state index in [0.717, 1.165) is 12.1 Å². The predicted octanol–water partition coefficient (Wildman–Crippen LogP) is 0.442. The summed E-state index contributed by atoms with van der Waals surface area (Å²) in [6, 6.07) is 1.73. The zero-order valence-electron chi connectivity index (χ0n) is 6.64. The predicted molar refractivity (Wildman–Crippen MR) is 42.1 cm³/mol. The Hall–Kier alpha value is -0.0800. The largest absolute Gasteiger partial charge is 0.314 e. The summed E-state index contributed by atoms with van der Waals surface area (Å²) in [5.74, 6) is 0. The number of nitrogens with zero attached hydrogens (tertiary/aromatic N) is 1. The van der Waals surface area contributed by atoms with Gasteiger partial charge in [0.1, 0.15) is 0 Å². The maximum absolute atomic E-state index is 3.41. The molecule has 1 heterocycles. The molecule has 0 bridgehead atoms. The van der Waals surface area contributed by atoms with Crippen LogP contribution in [0.2, 0.25) is 0 Å². The van der Waals surface area contributed by atoms with E-state index in [4.69, 9.17) is 0 Å². The fraction of sp³-hybridized carbons (Fsp3) is 1.00. The summed E-state index contributed by atoms with van der Waals surface area (Å²) in [6.07, 6.45) is 2.90. The molecule has 1 saturated heterocycles. The topological polar surface area (TPSA) is 15.3 Å². The van der Waals surface area contributed by atoms with Gasteiger partial charge in [-0.2, -0.15) is 0 Å². The molecule has 0 amide bonds. The molecule has 58 valence electrons. The molecule has 0 radical (unpaired) electrons. The first-order chi connectivity index (χ1) is 4.88. The van der Waals surface area contributed by atoms with Gasteiger partial charge in [0.05, 0.1) is 0 Å². The zero-order valence-corrected chi connectivity index (χ0v) is 6.64. The highest BCUT2D eigenvalue weighted by molar-refractivity contribution is 4.90. The molecule has 1 aliphatic heterocycles. The van der Waals surface area contributed by atoms with Crippen molar-refractivity contribution < 1.29 is 0 Å². The van der Waals surface area contributed by atoms with Gasteiger partial charge in [-0.05, 0) is 19.8 Å². The lowest BCUT2D eigenvalue weighted by molar-refractivity contribution is 0.164. The summed E-state index contributed by atoms with van der Waals surface area (Å²) in [7, 11) is 0. The molecule has 2 heteroatoms. The summed E-state index contributed by atoms with van der Waals surface area (Å²) in [5, 5.41) is 3.41. The molecule has 1 saturated carbocycles. The lowest BCUT2D eigenvalue weighted by Crippen LogP contribution is -2.50. The average molecular weight is 140 g/mol. The minimum absolute atomic E-state index is 0.779. The van der Waals surface area contributed by atoms with Crippen LogP contribution in [0.4, 0.5) is 0 Å². The first-order valence-corrected chi connectivity index (χ1v) is 4.34. The van der Waals surface area contributed by atoms with E-state index in [0.29, 0.717) is 0 Å². The van der Waals surface area contributed by atoms with E-state index in [1.807, 2.05) is 0 Å². The van der Waals surface area contributed by atoms with Crippen LogP contribution in [0, 0.1) is 0 Å². The van der Waals surface area contributed by atoms with Crippen molar-refractivity contribution in [2.24, 2.45) is 0 Å². The van der Waals surface area contributed by atoms with Crippen LogP contribution in [0.25, 0.3) is 0 Å². The SMILES string of the molecule is CC1CNCCN1C1CC1. The van der Waals surface area contributed by atoms with Gasteiger partial charge in [0.15, 0.2) is 0 Å². The van der Waals surface area contributed by atoms with E-state index in [1.165, 1.54) is 32.5 Å². The monoisotopic (exact) mass is 140 g/mol. The Morgan fingerprint density at radius 2 is 2.20 bits per heavy atom. The normalized spacial score (nSPS) is 36.3. The number of hydrogen-bond acceptors (Lipinski definition) is 2. The van der Waals surface area contributed by atoms with Crippen LogP contribution >= 0.6 is 0 Å². The number of hydrogen-bond donors (Lipinski definition) is 1. The van der Waals surface area contributed by atoms with Gasteiger partial charge in [0.2, 0.25) is 0 Å². The molecule has 0 aromatic heterocycles. The second kappa shape index (κ2) is 2.51. The fourth-order valence-electron chi connectivity index (χ4n) is 1.81. The molecule has 0 aromatic carbocycles. The molecule has 2 nitrogen and oxygen atoms in total. The van der Waals surface area contributed by atoms with E-state index < -0.39 is 0 Å². The lowest BCUT2D eigenvalue weighted by atomic mass is 10.2. The molecule has 2 fully saturated rings. The minimum atomic E-state index is 0.779. The Kier molecular flexibility index (Phi) is 1.66. The van der Waals surface area contributed by atoms with E-state index in [9.17, 15) is 0 Å². The molecular formula is C8H16N2. The van der Waals surface area contributed by atoms with Crippen LogP contribution in [0.3, 0.4) is 0 Å². The van der Waals surface area contributed by atoms with Crippen LogP contribution in [0.5, 0.6) is 0 Å². The molecule has 1 atom stereocenters. The molecular weight excluding hydrogens is 124 g/mol. The third-order valence-corrected chi connectivity index (χ3v) is 2.57. The van der Waals surface area contributed by atoms with Crippen LogP contribution in [-0.4, -0.2) is 36.6 Å². The van der Waals surface area contributed by atoms with Gasteiger partial charge in [0.25, 0.3) is 0 Å². The summed E-state index contributed by atoms with van der Waals surface area (Å²) in [5.41, 5.74) is 0. The number of piperazine rings is 1. The summed E-state index contributed by atoms with van der Waals surface area (Å²) < 4.78 is 0. The Balaban J connectivity index is 1.90. The first-order valence-electron chi connectivity index (χ1n) is 4.34. The van der Waals surface area contributed by atoms with Gasteiger partial charge in [-0.15, -0.1) is 0 Å². The average Bonchev–Trinajstić information content (AvgIpc) is 2.71. The van der Waals surface area contributed by atoms with Gasteiger partial charge >= 0.3 is 0 Å². The maximum Gasteiger partial charge on any atom is 0.0195 e. The van der Waals surface area contributed by atoms with E-state index >= 15 is 0 Å². The van der Waals surface area contributed by atoms with Gasteiger partial charge in [-0.1, -0.05) is 0 Å². The molecule has 10 heavy (non-hydrogen) atoms. The first kappa shape index (κ1) is 6.62. The van der Waals surface area contributed by atoms with E-state index in [1.54, 1.807) is 0 Å². The van der Waals surface area contributed by atoms with Crippen molar-refractivity contribution in [2.45, 2.75) is 31.8 Å². The molecule has 2 rings (SSSR count).